The third kappa shape index (κ3) is 8.18. The van der Waals surface area contributed by atoms with Crippen molar-refractivity contribution in [3.8, 4) is 6.07 Å². The lowest BCUT2D eigenvalue weighted by molar-refractivity contribution is 0.266. The fraction of sp³-hybridized carbons (Fsp3) is 0.279. The zero-order valence-electron chi connectivity index (χ0n) is 29.2. The minimum Gasteiger partial charge on any atom is -0.344 e. The Morgan fingerprint density at radius 1 is 0.635 bits per heavy atom. The van der Waals surface area contributed by atoms with Gasteiger partial charge in [-0.1, -0.05) is 41.9 Å². The Kier molecular flexibility index (Phi) is 11.5. The molecular formula is C43H43ClFN7. The molecule has 2 atom stereocenters. The normalized spacial score (nSPS) is 15.9. The molecule has 4 aromatic heterocycles. The van der Waals surface area contributed by atoms with Gasteiger partial charge in [-0.25, -0.2) is 4.39 Å². The molecule has 2 aliphatic rings. The lowest BCUT2D eigenvalue weighted by Gasteiger charge is -2.30. The van der Waals surface area contributed by atoms with Crippen molar-refractivity contribution >= 4 is 11.6 Å². The van der Waals surface area contributed by atoms with Gasteiger partial charge >= 0.3 is 0 Å². The van der Waals surface area contributed by atoms with Crippen molar-refractivity contribution in [1.82, 2.24) is 28.9 Å². The summed E-state index contributed by atoms with van der Waals surface area (Å²) in [4.78, 5) is 13.8. The number of pyridine rings is 2. The Balaban J connectivity index is 0.000000162. The first-order chi connectivity index (χ1) is 25.6. The first kappa shape index (κ1) is 35.3. The monoisotopic (exact) mass is 711 g/mol. The second-order valence-corrected chi connectivity index (χ2v) is 13.8. The van der Waals surface area contributed by atoms with Crippen LogP contribution >= 0.6 is 11.6 Å². The zero-order chi connectivity index (χ0) is 35.7. The van der Waals surface area contributed by atoms with Gasteiger partial charge in [0.2, 0.25) is 0 Å². The van der Waals surface area contributed by atoms with Crippen molar-refractivity contribution in [3.63, 3.8) is 0 Å². The standard InChI is InChI=1S/C22H22N4.C21H21ClFN3/c23-16-18-8-10-19(11-9-18)22(25-13-3-4-14-25)21-7-5-15-26(21)17-20-6-1-2-12-24-20;22-17-8-5-9-18(23)20(17)21(25-12-3-4-13-25)19-10-6-14-26(19)15-16-7-1-2-11-24-16/h1-2,5-12,15,22H,3-4,13-14,17H2;1-2,5-11,14,21H,3-4,12-13,15H2. The molecule has 52 heavy (non-hydrogen) atoms. The van der Waals surface area contributed by atoms with Crippen LogP contribution in [0.3, 0.4) is 0 Å². The number of nitrogens with zero attached hydrogens (tertiary/aromatic N) is 7. The molecule has 2 unspecified atom stereocenters. The van der Waals surface area contributed by atoms with E-state index in [0.717, 1.165) is 62.6 Å². The Morgan fingerprint density at radius 3 is 1.67 bits per heavy atom. The van der Waals surface area contributed by atoms with E-state index in [9.17, 15) is 4.39 Å². The van der Waals surface area contributed by atoms with Crippen LogP contribution in [0.25, 0.3) is 0 Å². The number of aromatic nitrogens is 4. The van der Waals surface area contributed by atoms with Gasteiger partial charge < -0.3 is 9.13 Å². The summed E-state index contributed by atoms with van der Waals surface area (Å²) in [5.74, 6) is -0.250. The maximum atomic E-state index is 14.8. The minimum absolute atomic E-state index is 0.190. The molecule has 0 N–H and O–H groups in total. The van der Waals surface area contributed by atoms with Crippen LogP contribution in [0.4, 0.5) is 4.39 Å². The summed E-state index contributed by atoms with van der Waals surface area (Å²) in [6.45, 7) is 5.54. The summed E-state index contributed by atoms with van der Waals surface area (Å²) < 4.78 is 19.2. The van der Waals surface area contributed by atoms with Crippen molar-refractivity contribution in [1.29, 1.82) is 5.26 Å². The fourth-order valence-corrected chi connectivity index (χ4v) is 7.84. The van der Waals surface area contributed by atoms with E-state index in [1.807, 2.05) is 60.9 Å². The number of benzene rings is 2. The molecule has 9 heteroatoms. The molecular weight excluding hydrogens is 669 g/mol. The molecule has 264 valence electrons. The lowest BCUT2D eigenvalue weighted by atomic mass is 10.0. The summed E-state index contributed by atoms with van der Waals surface area (Å²) >= 11 is 6.44. The van der Waals surface area contributed by atoms with Crippen LogP contribution in [-0.4, -0.2) is 55.1 Å². The molecule has 6 heterocycles. The van der Waals surface area contributed by atoms with Gasteiger partial charge in [-0.3, -0.25) is 19.8 Å². The van der Waals surface area contributed by atoms with Crippen molar-refractivity contribution in [3.05, 3.63) is 178 Å². The summed E-state index contributed by atoms with van der Waals surface area (Å²) in [5.41, 5.74) is 6.88. The first-order valence-corrected chi connectivity index (χ1v) is 18.5. The lowest BCUT2D eigenvalue weighted by Crippen LogP contribution is -2.29. The van der Waals surface area contributed by atoms with E-state index in [1.165, 1.54) is 30.2 Å². The van der Waals surface area contributed by atoms with E-state index in [1.54, 1.807) is 18.3 Å². The molecule has 0 spiro atoms. The highest BCUT2D eigenvalue weighted by atomic mass is 35.5. The van der Waals surface area contributed by atoms with Crippen LogP contribution in [0.2, 0.25) is 5.02 Å². The van der Waals surface area contributed by atoms with Gasteiger partial charge in [0.15, 0.2) is 0 Å². The maximum absolute atomic E-state index is 14.8. The predicted octanol–water partition coefficient (Wildman–Crippen LogP) is 8.90. The quantitative estimate of drug-likeness (QED) is 0.142. The van der Waals surface area contributed by atoms with Crippen LogP contribution in [0, 0.1) is 17.1 Å². The smallest absolute Gasteiger partial charge is 0.129 e. The van der Waals surface area contributed by atoms with Gasteiger partial charge in [0, 0.05) is 46.8 Å². The Hall–Kier alpha value is -5.07. The number of likely N-dealkylation sites (tertiary alicyclic amines) is 2. The molecule has 6 aromatic rings. The largest absolute Gasteiger partial charge is 0.344 e. The second kappa shape index (κ2) is 17.0. The fourth-order valence-electron chi connectivity index (χ4n) is 7.57. The third-order valence-corrected chi connectivity index (χ3v) is 10.4. The average molecular weight is 712 g/mol. The van der Waals surface area contributed by atoms with E-state index in [4.69, 9.17) is 16.9 Å². The molecule has 0 radical (unpaired) electrons. The average Bonchev–Trinajstić information content (AvgIpc) is 4.03. The Labute approximate surface area is 310 Å². The zero-order valence-corrected chi connectivity index (χ0v) is 30.0. The molecule has 7 nitrogen and oxygen atoms in total. The molecule has 0 amide bonds. The van der Waals surface area contributed by atoms with Crippen LogP contribution in [0.1, 0.15) is 77.2 Å². The van der Waals surface area contributed by atoms with Gasteiger partial charge in [-0.15, -0.1) is 0 Å². The molecule has 2 aliphatic heterocycles. The predicted molar refractivity (Wildman–Crippen MR) is 203 cm³/mol. The van der Waals surface area contributed by atoms with Gasteiger partial charge in [0.05, 0.1) is 48.2 Å². The van der Waals surface area contributed by atoms with Crippen LogP contribution in [0.15, 0.2) is 128 Å². The highest BCUT2D eigenvalue weighted by Gasteiger charge is 2.31. The summed E-state index contributed by atoms with van der Waals surface area (Å²) in [6, 6.07) is 35.5. The molecule has 0 saturated carbocycles. The van der Waals surface area contributed by atoms with Crippen LogP contribution in [-0.2, 0) is 13.1 Å². The Morgan fingerprint density at radius 2 is 1.17 bits per heavy atom. The summed E-state index contributed by atoms with van der Waals surface area (Å²) in [7, 11) is 0. The molecule has 2 aromatic carbocycles. The highest BCUT2D eigenvalue weighted by molar-refractivity contribution is 6.31. The molecule has 0 aliphatic carbocycles. The number of hydrogen-bond donors (Lipinski definition) is 0. The number of hydrogen-bond acceptors (Lipinski definition) is 5. The molecule has 2 fully saturated rings. The number of nitriles is 1. The van der Waals surface area contributed by atoms with Crippen molar-refractivity contribution < 1.29 is 4.39 Å². The van der Waals surface area contributed by atoms with Crippen molar-refractivity contribution in [2.45, 2.75) is 50.9 Å². The summed E-state index contributed by atoms with van der Waals surface area (Å²) in [6.07, 6.45) is 12.5. The second-order valence-electron chi connectivity index (χ2n) is 13.4. The highest BCUT2D eigenvalue weighted by Crippen LogP contribution is 2.37. The summed E-state index contributed by atoms with van der Waals surface area (Å²) in [5, 5.41) is 9.58. The van der Waals surface area contributed by atoms with Gasteiger partial charge in [0.1, 0.15) is 5.82 Å². The molecule has 8 rings (SSSR count). The van der Waals surface area contributed by atoms with E-state index in [-0.39, 0.29) is 17.9 Å². The molecule has 0 bridgehead atoms. The van der Waals surface area contributed by atoms with Gasteiger partial charge in [-0.2, -0.15) is 5.26 Å². The van der Waals surface area contributed by atoms with Crippen molar-refractivity contribution in [2.75, 3.05) is 26.2 Å². The topological polar surface area (TPSA) is 65.9 Å². The Bertz CT molecular complexity index is 2040. The van der Waals surface area contributed by atoms with Gasteiger partial charge in [-0.05, 0) is 130 Å². The van der Waals surface area contributed by atoms with E-state index in [0.29, 0.717) is 22.7 Å². The van der Waals surface area contributed by atoms with E-state index < -0.39 is 0 Å². The third-order valence-electron chi connectivity index (χ3n) is 10.0. The van der Waals surface area contributed by atoms with E-state index >= 15 is 0 Å². The molecule has 2 saturated heterocycles. The van der Waals surface area contributed by atoms with Crippen LogP contribution in [0.5, 0.6) is 0 Å². The maximum Gasteiger partial charge on any atom is 0.129 e. The van der Waals surface area contributed by atoms with E-state index in [2.05, 4.69) is 77.6 Å². The minimum atomic E-state index is -0.250. The van der Waals surface area contributed by atoms with Gasteiger partial charge in [0.25, 0.3) is 0 Å². The SMILES string of the molecule is Fc1cccc(Cl)c1C(c1cccn1Cc1ccccn1)N1CCCC1.N#Cc1ccc(C(c2cccn2Cc2ccccn2)N2CCCC2)cc1. The number of halogens is 2. The first-order valence-electron chi connectivity index (χ1n) is 18.1. The van der Waals surface area contributed by atoms with Crippen molar-refractivity contribution in [2.24, 2.45) is 0 Å². The van der Waals surface area contributed by atoms with Crippen LogP contribution < -0.4 is 0 Å². The number of rotatable bonds is 10.